The summed E-state index contributed by atoms with van der Waals surface area (Å²) in [6.07, 6.45) is -1.53. The molecule has 0 unspecified atom stereocenters. The molecule has 1 N–H and O–H groups in total. The second kappa shape index (κ2) is 10.7. The summed E-state index contributed by atoms with van der Waals surface area (Å²) in [5, 5.41) is 6.31. The first-order valence-corrected chi connectivity index (χ1v) is 10.6. The Morgan fingerprint density at radius 2 is 1.63 bits per heavy atom. The lowest BCUT2D eigenvalue weighted by molar-refractivity contribution is -0.159. The number of hydrogen-bond acceptors (Lipinski definition) is 5. The van der Waals surface area contributed by atoms with Crippen molar-refractivity contribution in [2.45, 2.75) is 12.2 Å². The van der Waals surface area contributed by atoms with Crippen molar-refractivity contribution in [3.63, 3.8) is 0 Å². The number of aromatic nitrogens is 2. The van der Waals surface area contributed by atoms with E-state index in [2.05, 4.69) is 20.0 Å². The lowest BCUT2D eigenvalue weighted by Gasteiger charge is -2.19. The number of amides is 1. The number of nitrogens with zero attached hydrogens (tertiary/aromatic N) is 2. The third-order valence-corrected chi connectivity index (χ3v) is 4.94. The molecule has 1 amide bonds. The minimum absolute atomic E-state index is 0.134. The van der Waals surface area contributed by atoms with E-state index in [9.17, 15) is 18.0 Å². The fourth-order valence-electron chi connectivity index (χ4n) is 3.20. The van der Waals surface area contributed by atoms with Crippen molar-refractivity contribution in [1.82, 2.24) is 15.5 Å². The van der Waals surface area contributed by atoms with Gasteiger partial charge in [-0.1, -0.05) is 65.8 Å². The summed E-state index contributed by atoms with van der Waals surface area (Å²) in [6.45, 7) is 0.134. The number of rotatable bonds is 8. The van der Waals surface area contributed by atoms with E-state index in [1.54, 1.807) is 18.2 Å². The Morgan fingerprint density at radius 1 is 0.971 bits per heavy atom. The van der Waals surface area contributed by atoms with Gasteiger partial charge in [-0.15, -0.1) is 0 Å². The van der Waals surface area contributed by atoms with Gasteiger partial charge >= 0.3 is 12.1 Å². The Morgan fingerprint density at radius 3 is 2.26 bits per heavy atom. The van der Waals surface area contributed by atoms with Gasteiger partial charge in [0.05, 0.1) is 6.04 Å². The summed E-state index contributed by atoms with van der Waals surface area (Å²) in [5.41, 5.74) is 2.10. The van der Waals surface area contributed by atoms with Gasteiger partial charge in [-0.05, 0) is 41.5 Å². The Balaban J connectivity index is 1.42. The molecule has 6 nitrogen and oxygen atoms in total. The monoisotopic (exact) mass is 479 g/mol. The highest BCUT2D eigenvalue weighted by molar-refractivity contribution is 5.92. The minimum atomic E-state index is -4.71. The normalized spacial score (nSPS) is 12.4. The van der Waals surface area contributed by atoms with Gasteiger partial charge in [0.25, 0.3) is 0 Å². The van der Waals surface area contributed by atoms with Crippen LogP contribution in [0.2, 0.25) is 0 Å². The SMILES string of the molecule is O=C(C=Cc1ccccc1)N[C@@H](COc1ccc(-c2noc(C(F)(F)F)n2)cc1)c1ccccc1. The predicted molar refractivity (Wildman–Crippen MR) is 123 cm³/mol. The molecule has 3 aromatic carbocycles. The van der Waals surface area contributed by atoms with Crippen LogP contribution in [-0.4, -0.2) is 22.7 Å². The third-order valence-electron chi connectivity index (χ3n) is 4.94. The van der Waals surface area contributed by atoms with Crippen LogP contribution in [0.1, 0.15) is 23.1 Å². The summed E-state index contributed by atoms with van der Waals surface area (Å²) in [7, 11) is 0. The standard InChI is InChI=1S/C26H20F3N3O3/c27-26(28,29)25-31-24(32-35-25)20-12-14-21(15-13-20)34-17-22(19-9-5-2-6-10-19)30-23(33)16-11-18-7-3-1-4-8-18/h1-16,22H,17H2,(H,30,33)/t22-/m0/s1. The van der Waals surface area contributed by atoms with Crippen molar-refractivity contribution in [2.75, 3.05) is 6.61 Å². The number of carbonyl (C=O) groups excluding carboxylic acids is 1. The lowest BCUT2D eigenvalue weighted by atomic mass is 10.1. The molecule has 1 heterocycles. The zero-order valence-corrected chi connectivity index (χ0v) is 18.3. The molecule has 4 rings (SSSR count). The van der Waals surface area contributed by atoms with E-state index in [-0.39, 0.29) is 18.3 Å². The largest absolute Gasteiger partial charge is 0.491 e. The van der Waals surface area contributed by atoms with Gasteiger partial charge in [-0.3, -0.25) is 4.79 Å². The van der Waals surface area contributed by atoms with Crippen molar-refractivity contribution in [2.24, 2.45) is 0 Å². The van der Waals surface area contributed by atoms with Gasteiger partial charge in [0.2, 0.25) is 11.7 Å². The van der Waals surface area contributed by atoms with E-state index in [0.29, 0.717) is 11.3 Å². The highest BCUT2D eigenvalue weighted by Crippen LogP contribution is 2.30. The van der Waals surface area contributed by atoms with Crippen molar-refractivity contribution in [1.29, 1.82) is 0 Å². The Kier molecular flexibility index (Phi) is 7.25. The molecule has 0 bridgehead atoms. The Bertz CT molecular complexity index is 1270. The Labute approximate surface area is 199 Å². The molecule has 0 aliphatic carbocycles. The molecule has 1 aromatic heterocycles. The van der Waals surface area contributed by atoms with Gasteiger partial charge in [0.15, 0.2) is 0 Å². The second-order valence-corrected chi connectivity index (χ2v) is 7.47. The molecule has 0 spiro atoms. The first-order chi connectivity index (χ1) is 16.9. The predicted octanol–water partition coefficient (Wildman–Crippen LogP) is 5.71. The van der Waals surface area contributed by atoms with Crippen LogP contribution in [0.4, 0.5) is 13.2 Å². The van der Waals surface area contributed by atoms with E-state index >= 15 is 0 Å². The molecule has 0 saturated heterocycles. The quantitative estimate of drug-likeness (QED) is 0.328. The van der Waals surface area contributed by atoms with Crippen molar-refractivity contribution in [3.05, 3.63) is 108 Å². The van der Waals surface area contributed by atoms with Gasteiger partial charge in [-0.25, -0.2) is 0 Å². The molecular weight excluding hydrogens is 459 g/mol. The van der Waals surface area contributed by atoms with Crippen LogP contribution < -0.4 is 10.1 Å². The minimum Gasteiger partial charge on any atom is -0.491 e. The maximum absolute atomic E-state index is 12.7. The molecule has 0 aliphatic heterocycles. The second-order valence-electron chi connectivity index (χ2n) is 7.47. The average Bonchev–Trinajstić information content (AvgIpc) is 3.38. The average molecular weight is 479 g/mol. The van der Waals surface area contributed by atoms with Gasteiger partial charge in [0.1, 0.15) is 12.4 Å². The molecule has 4 aromatic rings. The molecule has 0 radical (unpaired) electrons. The summed E-state index contributed by atoms with van der Waals surface area (Å²) < 4.78 is 48.1. The van der Waals surface area contributed by atoms with Gasteiger partial charge in [-0.2, -0.15) is 18.2 Å². The van der Waals surface area contributed by atoms with Gasteiger partial charge < -0.3 is 14.6 Å². The molecule has 0 saturated carbocycles. The van der Waals surface area contributed by atoms with Gasteiger partial charge in [0, 0.05) is 11.6 Å². The summed E-state index contributed by atoms with van der Waals surface area (Å²) in [4.78, 5) is 15.9. The molecule has 0 fully saturated rings. The maximum Gasteiger partial charge on any atom is 0.471 e. The van der Waals surface area contributed by atoms with Crippen LogP contribution in [0.25, 0.3) is 17.5 Å². The van der Waals surface area contributed by atoms with Crippen molar-refractivity contribution >= 4 is 12.0 Å². The van der Waals surface area contributed by atoms with E-state index in [4.69, 9.17) is 4.74 Å². The number of carbonyl (C=O) groups is 1. The molecule has 0 aliphatic rings. The van der Waals surface area contributed by atoms with Crippen molar-refractivity contribution in [3.8, 4) is 17.1 Å². The smallest absolute Gasteiger partial charge is 0.471 e. The molecule has 9 heteroatoms. The number of ether oxygens (including phenoxy) is 1. The van der Waals surface area contributed by atoms with E-state index in [1.165, 1.54) is 18.2 Å². The zero-order valence-electron chi connectivity index (χ0n) is 18.3. The van der Waals surface area contributed by atoms with Crippen LogP contribution in [0.3, 0.4) is 0 Å². The third kappa shape index (κ3) is 6.57. The van der Waals surface area contributed by atoms with E-state index in [0.717, 1.165) is 11.1 Å². The zero-order chi connectivity index (χ0) is 24.7. The highest BCUT2D eigenvalue weighted by atomic mass is 19.4. The maximum atomic E-state index is 12.7. The number of halogens is 3. The lowest BCUT2D eigenvalue weighted by Crippen LogP contribution is -2.31. The molecule has 1 atom stereocenters. The summed E-state index contributed by atoms with van der Waals surface area (Å²) >= 11 is 0. The fourth-order valence-corrected chi connectivity index (χ4v) is 3.20. The first-order valence-electron chi connectivity index (χ1n) is 10.6. The summed E-state index contributed by atoms with van der Waals surface area (Å²) in [6, 6.07) is 24.6. The molecule has 35 heavy (non-hydrogen) atoms. The van der Waals surface area contributed by atoms with Crippen LogP contribution in [0.15, 0.2) is 95.5 Å². The van der Waals surface area contributed by atoms with Crippen LogP contribution in [0.5, 0.6) is 5.75 Å². The number of nitrogens with one attached hydrogen (secondary N) is 1. The molecular formula is C26H20F3N3O3. The number of hydrogen-bond donors (Lipinski definition) is 1. The Hall–Kier alpha value is -4.40. The van der Waals surface area contributed by atoms with Crippen LogP contribution in [0, 0.1) is 0 Å². The topological polar surface area (TPSA) is 77.2 Å². The summed E-state index contributed by atoms with van der Waals surface area (Å²) in [5.74, 6) is -1.40. The van der Waals surface area contributed by atoms with E-state index in [1.807, 2.05) is 60.7 Å². The first kappa shape index (κ1) is 23.7. The molecule has 178 valence electrons. The van der Waals surface area contributed by atoms with Crippen LogP contribution in [-0.2, 0) is 11.0 Å². The number of alkyl halides is 3. The van der Waals surface area contributed by atoms with E-state index < -0.39 is 18.1 Å². The fraction of sp³-hybridized carbons (Fsp3) is 0.115. The highest BCUT2D eigenvalue weighted by Gasteiger charge is 2.38. The van der Waals surface area contributed by atoms with Crippen molar-refractivity contribution < 1.29 is 27.2 Å². The number of benzene rings is 3. The van der Waals surface area contributed by atoms with Crippen LogP contribution >= 0.6 is 0 Å².